The number of hydrogen-bond donors (Lipinski definition) is 1. The van der Waals surface area contributed by atoms with Crippen LogP contribution in [0.3, 0.4) is 0 Å². The average Bonchev–Trinajstić information content (AvgIpc) is 2.91. The molecular weight excluding hydrogens is 278 g/mol. The molecule has 2 aromatic rings. The molecule has 0 radical (unpaired) electrons. The highest BCUT2D eigenvalue weighted by atomic mass is 16.5. The van der Waals surface area contributed by atoms with E-state index < -0.39 is 0 Å². The first kappa shape index (κ1) is 16.1. The highest BCUT2D eigenvalue weighted by Gasteiger charge is 2.18. The van der Waals surface area contributed by atoms with Gasteiger partial charge in [0.15, 0.2) is 0 Å². The molecule has 22 heavy (non-hydrogen) atoms. The van der Waals surface area contributed by atoms with Gasteiger partial charge in [-0.2, -0.15) is 0 Å². The van der Waals surface area contributed by atoms with E-state index in [0.29, 0.717) is 18.1 Å². The Kier molecular flexibility index (Phi) is 5.58. The normalized spacial score (nSPS) is 10.5. The van der Waals surface area contributed by atoms with Gasteiger partial charge in [-0.05, 0) is 31.4 Å². The molecule has 0 atom stereocenters. The van der Waals surface area contributed by atoms with Gasteiger partial charge in [-0.1, -0.05) is 32.0 Å². The molecule has 0 saturated carbocycles. The zero-order chi connectivity index (χ0) is 15.9. The van der Waals surface area contributed by atoms with Gasteiger partial charge < -0.3 is 10.1 Å². The van der Waals surface area contributed by atoms with Crippen molar-refractivity contribution in [3.05, 3.63) is 41.6 Å². The average molecular weight is 301 g/mol. The van der Waals surface area contributed by atoms with E-state index in [-0.39, 0.29) is 5.91 Å². The summed E-state index contributed by atoms with van der Waals surface area (Å²) < 4.78 is 7.37. The summed E-state index contributed by atoms with van der Waals surface area (Å²) in [6.07, 6.45) is 3.58. The first-order valence-electron chi connectivity index (χ1n) is 7.73. The van der Waals surface area contributed by atoms with Gasteiger partial charge in [0, 0.05) is 18.4 Å². The molecule has 2 rings (SSSR count). The summed E-state index contributed by atoms with van der Waals surface area (Å²) >= 11 is 0. The number of nitrogens with zero attached hydrogens (tertiary/aromatic N) is 2. The Morgan fingerprint density at radius 3 is 2.73 bits per heavy atom. The number of carbonyl (C=O) groups is 1. The molecule has 0 fully saturated rings. The summed E-state index contributed by atoms with van der Waals surface area (Å²) in [4.78, 5) is 12.5. The predicted molar refractivity (Wildman–Crippen MR) is 87.4 cm³/mol. The van der Waals surface area contributed by atoms with Gasteiger partial charge in [0.25, 0.3) is 5.91 Å². The molecule has 0 spiro atoms. The molecule has 0 saturated heterocycles. The fourth-order valence-electron chi connectivity index (χ4n) is 2.11. The number of aryl methyl sites for hydroxylation is 2. The van der Waals surface area contributed by atoms with Crippen LogP contribution in [-0.4, -0.2) is 22.3 Å². The number of benzene rings is 1. The van der Waals surface area contributed by atoms with Gasteiger partial charge in [0.1, 0.15) is 5.56 Å². The summed E-state index contributed by atoms with van der Waals surface area (Å²) in [5.74, 6) is 0.212. The van der Waals surface area contributed by atoms with Crippen LogP contribution in [0.15, 0.2) is 30.5 Å². The fourth-order valence-corrected chi connectivity index (χ4v) is 2.11. The molecule has 5 heteroatoms. The molecule has 1 heterocycles. The van der Waals surface area contributed by atoms with E-state index in [4.69, 9.17) is 4.74 Å². The van der Waals surface area contributed by atoms with Crippen LogP contribution < -0.4 is 10.1 Å². The standard InChI is InChI=1S/C17H23N3O2/c1-4-10-20-12-14(17(19-20)22-11-5-2)16(21)18-15-9-7-6-8-13(15)3/h6-9,12H,4-5,10-11H2,1-3H3,(H,18,21). The number of nitrogens with one attached hydrogen (secondary N) is 1. The van der Waals surface area contributed by atoms with E-state index >= 15 is 0 Å². The minimum atomic E-state index is -0.192. The topological polar surface area (TPSA) is 56.2 Å². The van der Waals surface area contributed by atoms with Crippen LogP contribution in [0, 0.1) is 6.92 Å². The van der Waals surface area contributed by atoms with Crippen LogP contribution in [0.1, 0.15) is 42.6 Å². The smallest absolute Gasteiger partial charge is 0.262 e. The van der Waals surface area contributed by atoms with Gasteiger partial charge >= 0.3 is 0 Å². The fraction of sp³-hybridized carbons (Fsp3) is 0.412. The van der Waals surface area contributed by atoms with Gasteiger partial charge in [-0.15, -0.1) is 5.10 Å². The molecule has 0 aliphatic heterocycles. The highest BCUT2D eigenvalue weighted by molar-refractivity contribution is 6.06. The first-order valence-corrected chi connectivity index (χ1v) is 7.73. The molecular formula is C17H23N3O2. The molecule has 1 amide bonds. The summed E-state index contributed by atoms with van der Waals surface area (Å²) in [5.41, 5.74) is 2.30. The number of aromatic nitrogens is 2. The molecule has 0 aliphatic rings. The van der Waals surface area contributed by atoms with Crippen molar-refractivity contribution >= 4 is 11.6 Å². The maximum atomic E-state index is 12.5. The Labute approximate surface area is 131 Å². The van der Waals surface area contributed by atoms with Crippen LogP contribution >= 0.6 is 0 Å². The lowest BCUT2D eigenvalue weighted by Gasteiger charge is -2.08. The Morgan fingerprint density at radius 1 is 1.27 bits per heavy atom. The lowest BCUT2D eigenvalue weighted by molar-refractivity contribution is 0.102. The molecule has 0 bridgehead atoms. The van der Waals surface area contributed by atoms with E-state index in [9.17, 15) is 4.79 Å². The summed E-state index contributed by atoms with van der Waals surface area (Å²) in [6.45, 7) is 7.37. The van der Waals surface area contributed by atoms with Crippen LogP contribution in [0.4, 0.5) is 5.69 Å². The number of amides is 1. The maximum absolute atomic E-state index is 12.5. The van der Waals surface area contributed by atoms with Crippen LogP contribution in [-0.2, 0) is 6.54 Å². The second-order valence-electron chi connectivity index (χ2n) is 5.23. The number of rotatable bonds is 7. The molecule has 118 valence electrons. The van der Waals surface area contributed by atoms with Crippen molar-refractivity contribution in [3.8, 4) is 5.88 Å². The first-order chi connectivity index (χ1) is 10.7. The second-order valence-corrected chi connectivity index (χ2v) is 5.23. The Bertz CT molecular complexity index is 635. The molecule has 1 N–H and O–H groups in total. The van der Waals surface area contributed by atoms with E-state index in [1.54, 1.807) is 10.9 Å². The zero-order valence-corrected chi connectivity index (χ0v) is 13.4. The molecule has 1 aromatic heterocycles. The zero-order valence-electron chi connectivity index (χ0n) is 13.4. The molecule has 5 nitrogen and oxygen atoms in total. The Morgan fingerprint density at radius 2 is 2.05 bits per heavy atom. The van der Waals surface area contributed by atoms with Crippen molar-refractivity contribution in [2.75, 3.05) is 11.9 Å². The van der Waals surface area contributed by atoms with E-state index in [1.807, 2.05) is 38.1 Å². The minimum absolute atomic E-state index is 0.192. The molecule has 0 aliphatic carbocycles. The van der Waals surface area contributed by atoms with Gasteiger partial charge in [-0.3, -0.25) is 9.48 Å². The molecule has 1 aromatic carbocycles. The van der Waals surface area contributed by atoms with Gasteiger partial charge in [0.2, 0.25) is 5.88 Å². The monoisotopic (exact) mass is 301 g/mol. The lowest BCUT2D eigenvalue weighted by Crippen LogP contribution is -2.13. The second kappa shape index (κ2) is 7.64. The summed E-state index contributed by atoms with van der Waals surface area (Å²) in [6, 6.07) is 7.69. The third-order valence-electron chi connectivity index (χ3n) is 3.26. The van der Waals surface area contributed by atoms with Crippen molar-refractivity contribution in [2.24, 2.45) is 0 Å². The van der Waals surface area contributed by atoms with Crippen molar-refractivity contribution in [2.45, 2.75) is 40.2 Å². The van der Waals surface area contributed by atoms with Crippen molar-refractivity contribution in [1.29, 1.82) is 0 Å². The van der Waals surface area contributed by atoms with Crippen LogP contribution in [0.2, 0.25) is 0 Å². The largest absolute Gasteiger partial charge is 0.476 e. The van der Waals surface area contributed by atoms with E-state index in [1.165, 1.54) is 0 Å². The summed E-state index contributed by atoms with van der Waals surface area (Å²) in [5, 5.41) is 7.28. The maximum Gasteiger partial charge on any atom is 0.262 e. The van der Waals surface area contributed by atoms with Crippen LogP contribution in [0.5, 0.6) is 5.88 Å². The third-order valence-corrected chi connectivity index (χ3v) is 3.26. The third kappa shape index (κ3) is 3.87. The van der Waals surface area contributed by atoms with Crippen molar-refractivity contribution < 1.29 is 9.53 Å². The van der Waals surface area contributed by atoms with Crippen LogP contribution in [0.25, 0.3) is 0 Å². The number of carbonyl (C=O) groups excluding carboxylic acids is 1. The summed E-state index contributed by atoms with van der Waals surface area (Å²) in [7, 11) is 0. The predicted octanol–water partition coefficient (Wildman–Crippen LogP) is 3.64. The van der Waals surface area contributed by atoms with E-state index in [2.05, 4.69) is 17.3 Å². The molecule has 0 unspecified atom stereocenters. The Hall–Kier alpha value is -2.30. The van der Waals surface area contributed by atoms with Gasteiger partial charge in [0.05, 0.1) is 6.61 Å². The lowest BCUT2D eigenvalue weighted by atomic mass is 10.2. The number of ether oxygens (including phenoxy) is 1. The van der Waals surface area contributed by atoms with Gasteiger partial charge in [-0.25, -0.2) is 0 Å². The SMILES string of the molecule is CCCOc1nn(CCC)cc1C(=O)Nc1ccccc1C. The quantitative estimate of drug-likeness (QED) is 0.849. The van der Waals surface area contributed by atoms with Crippen molar-refractivity contribution in [1.82, 2.24) is 9.78 Å². The Balaban J connectivity index is 2.21. The number of hydrogen-bond acceptors (Lipinski definition) is 3. The highest BCUT2D eigenvalue weighted by Crippen LogP contribution is 2.20. The minimum Gasteiger partial charge on any atom is -0.476 e. The number of para-hydroxylation sites is 1. The number of anilines is 1. The van der Waals surface area contributed by atoms with E-state index in [0.717, 1.165) is 30.6 Å². The van der Waals surface area contributed by atoms with Crippen molar-refractivity contribution in [3.63, 3.8) is 0 Å².